The summed E-state index contributed by atoms with van der Waals surface area (Å²) in [6.45, 7) is 4.64. The highest BCUT2D eigenvalue weighted by atomic mass is 16.9. The molecule has 0 aromatic heterocycles. The number of ether oxygens (including phenoxy) is 1. The standard InChI is InChI=1S/C25H33NO9/c1-14-10-16-17-5-8-25(20(30)13-27,35-21(31)6-9-34-26(32)33)24(17,3)12-19(29)22(16)23(2)7-4-15(28)11-18(14)23/h4,7,11,14,16-17,19,22,27,29H,5-6,8-10,12-13H2,1-3H3/t14-,16?,17?,19-,22?,23-,24-,25-/m0/s1. The zero-order valence-electron chi connectivity index (χ0n) is 20.3. The van der Waals surface area contributed by atoms with Crippen molar-refractivity contribution >= 4 is 17.5 Å². The van der Waals surface area contributed by atoms with E-state index in [2.05, 4.69) is 18.7 Å². The average molecular weight is 492 g/mol. The molecule has 0 spiro atoms. The molecule has 0 aromatic rings. The summed E-state index contributed by atoms with van der Waals surface area (Å²) in [5.74, 6) is -1.65. The number of hydrogen-bond acceptors (Lipinski definition) is 9. The first kappa shape index (κ1) is 25.5. The van der Waals surface area contributed by atoms with E-state index in [1.54, 1.807) is 12.2 Å². The first-order chi connectivity index (χ1) is 16.4. The fourth-order valence-corrected chi connectivity index (χ4v) is 8.00. The van der Waals surface area contributed by atoms with Crippen molar-refractivity contribution in [1.82, 2.24) is 0 Å². The Morgan fingerprint density at radius 1 is 1.31 bits per heavy atom. The Hall–Kier alpha value is -2.59. The third-order valence-corrected chi connectivity index (χ3v) is 9.32. The van der Waals surface area contributed by atoms with Crippen molar-refractivity contribution in [2.75, 3.05) is 13.2 Å². The van der Waals surface area contributed by atoms with Gasteiger partial charge in [-0.3, -0.25) is 14.4 Å². The zero-order chi connectivity index (χ0) is 25.8. The van der Waals surface area contributed by atoms with Crippen LogP contribution in [-0.4, -0.2) is 57.8 Å². The Morgan fingerprint density at radius 3 is 2.69 bits per heavy atom. The Balaban J connectivity index is 1.68. The first-order valence-corrected chi connectivity index (χ1v) is 12.2. The number of carbonyl (C=O) groups excluding carboxylic acids is 3. The quantitative estimate of drug-likeness (QED) is 0.309. The molecule has 0 saturated heterocycles. The molecule has 4 aliphatic rings. The summed E-state index contributed by atoms with van der Waals surface area (Å²) < 4.78 is 5.77. The molecule has 8 atom stereocenters. The number of rotatable bonds is 7. The summed E-state index contributed by atoms with van der Waals surface area (Å²) in [7, 11) is 0. The van der Waals surface area contributed by atoms with E-state index in [-0.39, 0.29) is 42.3 Å². The number of esters is 1. The molecule has 10 nitrogen and oxygen atoms in total. The minimum Gasteiger partial charge on any atom is -0.450 e. The maximum absolute atomic E-state index is 13.2. The second-order valence-corrected chi connectivity index (χ2v) is 11.0. The lowest BCUT2D eigenvalue weighted by Gasteiger charge is -2.61. The molecule has 2 N–H and O–H groups in total. The number of nitrogens with zero attached hydrogens (tertiary/aromatic N) is 1. The highest BCUT2D eigenvalue weighted by Crippen LogP contribution is 2.68. The number of allylic oxidation sites excluding steroid dienone is 4. The molecule has 10 heteroatoms. The van der Waals surface area contributed by atoms with E-state index in [0.717, 1.165) is 12.0 Å². The van der Waals surface area contributed by atoms with E-state index < -0.39 is 59.0 Å². The normalized spacial score (nSPS) is 41.8. The largest absolute Gasteiger partial charge is 0.450 e. The second-order valence-electron chi connectivity index (χ2n) is 11.0. The Morgan fingerprint density at radius 2 is 2.03 bits per heavy atom. The highest BCUT2D eigenvalue weighted by molar-refractivity contribution is 6.01. The maximum atomic E-state index is 13.2. The van der Waals surface area contributed by atoms with Crippen molar-refractivity contribution in [1.29, 1.82) is 0 Å². The summed E-state index contributed by atoms with van der Waals surface area (Å²) >= 11 is 0. The van der Waals surface area contributed by atoms with Crippen LogP contribution in [0.15, 0.2) is 23.8 Å². The number of Topliss-reactive ketones (excluding diaryl/α,β-unsaturated/α-hetero) is 1. The lowest BCUT2D eigenvalue weighted by atomic mass is 9.44. The number of aliphatic hydroxyl groups excluding tert-OH is 2. The van der Waals surface area contributed by atoms with Gasteiger partial charge < -0.3 is 19.8 Å². The van der Waals surface area contributed by atoms with Gasteiger partial charge in [0, 0.05) is 16.7 Å². The van der Waals surface area contributed by atoms with Crippen LogP contribution in [0.25, 0.3) is 0 Å². The van der Waals surface area contributed by atoms with E-state index >= 15 is 0 Å². The van der Waals surface area contributed by atoms with Crippen molar-refractivity contribution in [2.24, 2.45) is 34.5 Å². The van der Waals surface area contributed by atoms with Crippen molar-refractivity contribution < 1.29 is 39.3 Å². The first-order valence-electron chi connectivity index (χ1n) is 12.2. The average Bonchev–Trinajstić information content (AvgIpc) is 3.06. The van der Waals surface area contributed by atoms with Crippen LogP contribution in [0.4, 0.5) is 0 Å². The fourth-order valence-electron chi connectivity index (χ4n) is 8.00. The summed E-state index contributed by atoms with van der Waals surface area (Å²) in [5, 5.41) is 30.8. The van der Waals surface area contributed by atoms with Crippen molar-refractivity contribution in [3.05, 3.63) is 33.9 Å². The van der Waals surface area contributed by atoms with Gasteiger partial charge in [-0.05, 0) is 55.6 Å². The van der Waals surface area contributed by atoms with Crippen molar-refractivity contribution in [3.8, 4) is 0 Å². The lowest BCUT2D eigenvalue weighted by Crippen LogP contribution is -2.63. The molecular formula is C25H33NO9. The lowest BCUT2D eigenvalue weighted by molar-refractivity contribution is -0.757. The van der Waals surface area contributed by atoms with Gasteiger partial charge in [-0.25, -0.2) is 0 Å². The third kappa shape index (κ3) is 3.81. The molecule has 4 aliphatic carbocycles. The van der Waals surface area contributed by atoms with Crippen LogP contribution in [0.5, 0.6) is 0 Å². The zero-order valence-corrected chi connectivity index (χ0v) is 20.3. The minimum atomic E-state index is -1.64. The van der Waals surface area contributed by atoms with E-state index in [0.29, 0.717) is 6.42 Å². The van der Waals surface area contributed by atoms with Gasteiger partial charge in [0.05, 0.1) is 12.5 Å². The molecule has 0 radical (unpaired) electrons. The topological polar surface area (TPSA) is 153 Å². The van der Waals surface area contributed by atoms with Crippen LogP contribution in [0.3, 0.4) is 0 Å². The Labute approximate surface area is 203 Å². The van der Waals surface area contributed by atoms with E-state index in [4.69, 9.17) is 4.74 Å². The van der Waals surface area contributed by atoms with Crippen LogP contribution in [-0.2, 0) is 24.0 Å². The number of carbonyl (C=O) groups is 3. The molecule has 3 saturated carbocycles. The summed E-state index contributed by atoms with van der Waals surface area (Å²) in [6, 6.07) is 0. The number of ketones is 2. The van der Waals surface area contributed by atoms with Gasteiger partial charge >= 0.3 is 5.97 Å². The van der Waals surface area contributed by atoms with Gasteiger partial charge in [0.2, 0.25) is 5.78 Å². The van der Waals surface area contributed by atoms with Gasteiger partial charge in [0.15, 0.2) is 11.4 Å². The molecule has 0 bridgehead atoms. The van der Waals surface area contributed by atoms with Crippen LogP contribution in [0.1, 0.15) is 52.9 Å². The number of hydrogen-bond donors (Lipinski definition) is 2. The summed E-state index contributed by atoms with van der Waals surface area (Å²) in [5.41, 5.74) is -2.05. The summed E-state index contributed by atoms with van der Waals surface area (Å²) in [6.07, 6.45) is 5.57. The van der Waals surface area contributed by atoms with E-state index in [1.807, 2.05) is 13.0 Å². The second kappa shape index (κ2) is 8.81. The Bertz CT molecular complexity index is 1000. The fraction of sp³-hybridized carbons (Fsp3) is 0.720. The predicted molar refractivity (Wildman–Crippen MR) is 121 cm³/mol. The van der Waals surface area contributed by atoms with Crippen LogP contribution in [0, 0.1) is 44.6 Å². The number of aliphatic hydroxyl groups is 2. The highest BCUT2D eigenvalue weighted by Gasteiger charge is 2.70. The van der Waals surface area contributed by atoms with Crippen LogP contribution >= 0.6 is 0 Å². The molecular weight excluding hydrogens is 458 g/mol. The molecule has 0 heterocycles. The molecule has 0 aliphatic heterocycles. The van der Waals surface area contributed by atoms with Gasteiger partial charge in [-0.15, -0.1) is 10.1 Å². The van der Waals surface area contributed by atoms with Gasteiger partial charge in [0.1, 0.15) is 13.2 Å². The van der Waals surface area contributed by atoms with Gasteiger partial charge in [-0.2, -0.15) is 0 Å². The Kier molecular flexibility index (Phi) is 6.42. The SMILES string of the molecule is C[C@H]1CC2C([C@@H](O)C[C@@]3(C)C2CC[C@]3(OC(=O)CCO[N+](=O)[O-])C(=O)CO)[C@@]2(C)C=CC(=O)C=C12. The molecule has 35 heavy (non-hydrogen) atoms. The third-order valence-electron chi connectivity index (χ3n) is 9.32. The van der Waals surface area contributed by atoms with E-state index in [1.165, 1.54) is 0 Å². The van der Waals surface area contributed by atoms with Gasteiger partial charge in [-0.1, -0.05) is 32.4 Å². The smallest absolute Gasteiger partial charge is 0.308 e. The molecule has 3 unspecified atom stereocenters. The predicted octanol–water partition coefficient (Wildman–Crippen LogP) is 1.95. The molecule has 3 fully saturated rings. The van der Waals surface area contributed by atoms with Crippen LogP contribution < -0.4 is 0 Å². The number of fused-ring (bicyclic) bond motifs is 5. The molecule has 192 valence electrons. The van der Waals surface area contributed by atoms with Gasteiger partial charge in [0.25, 0.3) is 5.09 Å². The van der Waals surface area contributed by atoms with Crippen LogP contribution in [0.2, 0.25) is 0 Å². The maximum Gasteiger partial charge on any atom is 0.308 e. The van der Waals surface area contributed by atoms with E-state index in [9.17, 15) is 34.7 Å². The van der Waals surface area contributed by atoms with Crippen molar-refractivity contribution in [2.45, 2.75) is 64.6 Å². The molecule has 0 aromatic carbocycles. The monoisotopic (exact) mass is 491 g/mol. The molecule has 4 rings (SSSR count). The van der Waals surface area contributed by atoms with Crippen molar-refractivity contribution in [3.63, 3.8) is 0 Å². The minimum absolute atomic E-state index is 0.00337. The molecule has 0 amide bonds. The summed E-state index contributed by atoms with van der Waals surface area (Å²) in [4.78, 5) is 52.5.